The van der Waals surface area contributed by atoms with E-state index in [1.165, 1.54) is 44.1 Å². The largest absolute Gasteiger partial charge is 0.357 e. The van der Waals surface area contributed by atoms with Crippen molar-refractivity contribution in [1.82, 2.24) is 15.2 Å². The highest BCUT2D eigenvalue weighted by atomic mass is 127. The van der Waals surface area contributed by atoms with Gasteiger partial charge < -0.3 is 15.1 Å². The predicted molar refractivity (Wildman–Crippen MR) is 121 cm³/mol. The zero-order valence-electron chi connectivity index (χ0n) is 16.3. The Bertz CT molecular complexity index is 561. The smallest absolute Gasteiger partial charge is 0.193 e. The first-order valence-electron chi connectivity index (χ1n) is 9.92. The average Bonchev–Trinajstić information content (AvgIpc) is 2.93. The van der Waals surface area contributed by atoms with Gasteiger partial charge in [-0.05, 0) is 49.3 Å². The van der Waals surface area contributed by atoms with Crippen molar-refractivity contribution in [1.29, 1.82) is 0 Å². The second-order valence-corrected chi connectivity index (χ2v) is 7.49. The summed E-state index contributed by atoms with van der Waals surface area (Å²) in [5.74, 6) is 2.99. The van der Waals surface area contributed by atoms with E-state index in [1.807, 2.05) is 13.2 Å². The fraction of sp³-hybridized carbons (Fsp3) is 0.700. The molecule has 0 bridgehead atoms. The molecule has 6 heteroatoms. The Hall–Kier alpha value is -1.05. The summed E-state index contributed by atoms with van der Waals surface area (Å²) in [4.78, 5) is 13.9. The monoisotopic (exact) mass is 471 g/mol. The third-order valence-electron chi connectivity index (χ3n) is 5.49. The number of hydrogen-bond donors (Lipinski definition) is 1. The highest BCUT2D eigenvalue weighted by Gasteiger charge is 2.18. The van der Waals surface area contributed by atoms with Crippen LogP contribution >= 0.6 is 24.0 Å². The van der Waals surface area contributed by atoms with Gasteiger partial charge in [0.15, 0.2) is 5.96 Å². The summed E-state index contributed by atoms with van der Waals surface area (Å²) in [6.07, 6.45) is 9.73. The lowest BCUT2D eigenvalue weighted by atomic mass is 10.00. The van der Waals surface area contributed by atoms with Crippen LogP contribution in [0.4, 0.5) is 5.82 Å². The highest BCUT2D eigenvalue weighted by molar-refractivity contribution is 14.0. The fourth-order valence-corrected chi connectivity index (χ4v) is 3.78. The quantitative estimate of drug-likeness (QED) is 0.413. The van der Waals surface area contributed by atoms with Gasteiger partial charge in [-0.2, -0.15) is 0 Å². The number of nitrogens with one attached hydrogen (secondary N) is 1. The topological polar surface area (TPSA) is 43.8 Å². The molecule has 26 heavy (non-hydrogen) atoms. The molecule has 1 N–H and O–H groups in total. The first-order valence-corrected chi connectivity index (χ1v) is 9.92. The van der Waals surface area contributed by atoms with Gasteiger partial charge in [-0.3, -0.25) is 4.99 Å². The lowest BCUT2D eigenvalue weighted by Gasteiger charge is -2.33. The SMILES string of the molecule is CN=C(NCc1ccnc(N2CCCCCC2)c1)N1CCC(C)CC1.I. The van der Waals surface area contributed by atoms with Crippen LogP contribution in [0.2, 0.25) is 0 Å². The van der Waals surface area contributed by atoms with Crippen LogP contribution in [0.25, 0.3) is 0 Å². The Morgan fingerprint density at radius 2 is 1.85 bits per heavy atom. The van der Waals surface area contributed by atoms with Crippen molar-refractivity contribution in [3.8, 4) is 0 Å². The van der Waals surface area contributed by atoms with E-state index in [4.69, 9.17) is 0 Å². The Morgan fingerprint density at radius 3 is 2.50 bits per heavy atom. The van der Waals surface area contributed by atoms with E-state index in [-0.39, 0.29) is 24.0 Å². The van der Waals surface area contributed by atoms with Gasteiger partial charge in [0.1, 0.15) is 5.82 Å². The van der Waals surface area contributed by atoms with Crippen LogP contribution in [0.5, 0.6) is 0 Å². The number of piperidine rings is 1. The maximum absolute atomic E-state index is 4.61. The molecule has 146 valence electrons. The average molecular weight is 471 g/mol. The Balaban J connectivity index is 0.00000243. The van der Waals surface area contributed by atoms with Crippen LogP contribution in [0, 0.1) is 5.92 Å². The summed E-state index contributed by atoms with van der Waals surface area (Å²) in [5, 5.41) is 3.54. The molecule has 2 saturated heterocycles. The number of nitrogens with zero attached hydrogens (tertiary/aromatic N) is 4. The van der Waals surface area contributed by atoms with Gasteiger partial charge in [0.05, 0.1) is 0 Å². The molecule has 3 rings (SSSR count). The van der Waals surface area contributed by atoms with Crippen molar-refractivity contribution >= 4 is 35.8 Å². The molecule has 0 aromatic carbocycles. The normalized spacial score (nSPS) is 19.7. The molecule has 0 spiro atoms. The summed E-state index contributed by atoms with van der Waals surface area (Å²) >= 11 is 0. The van der Waals surface area contributed by atoms with Crippen LogP contribution < -0.4 is 10.2 Å². The number of hydrogen-bond acceptors (Lipinski definition) is 3. The molecule has 0 amide bonds. The second-order valence-electron chi connectivity index (χ2n) is 7.49. The summed E-state index contributed by atoms with van der Waals surface area (Å²) in [5.41, 5.74) is 1.28. The summed E-state index contributed by atoms with van der Waals surface area (Å²) in [6.45, 7) is 7.64. The van der Waals surface area contributed by atoms with E-state index in [0.717, 1.165) is 50.4 Å². The van der Waals surface area contributed by atoms with Gasteiger partial charge in [-0.1, -0.05) is 19.8 Å². The van der Waals surface area contributed by atoms with Gasteiger partial charge in [0.25, 0.3) is 0 Å². The van der Waals surface area contributed by atoms with Crippen LogP contribution in [0.1, 0.15) is 51.0 Å². The minimum absolute atomic E-state index is 0. The molecule has 3 heterocycles. The van der Waals surface area contributed by atoms with E-state index >= 15 is 0 Å². The number of aliphatic imine (C=N–C) groups is 1. The highest BCUT2D eigenvalue weighted by Crippen LogP contribution is 2.19. The van der Waals surface area contributed by atoms with E-state index in [0.29, 0.717) is 0 Å². The zero-order valence-corrected chi connectivity index (χ0v) is 18.6. The molecule has 1 aromatic rings. The van der Waals surface area contributed by atoms with Crippen LogP contribution in [-0.2, 0) is 6.54 Å². The maximum atomic E-state index is 4.61. The predicted octanol–water partition coefficient (Wildman–Crippen LogP) is 3.89. The number of anilines is 1. The molecule has 0 radical (unpaired) electrons. The van der Waals surface area contributed by atoms with Crippen LogP contribution in [0.3, 0.4) is 0 Å². The number of halogens is 1. The van der Waals surface area contributed by atoms with Gasteiger partial charge in [-0.25, -0.2) is 4.98 Å². The minimum Gasteiger partial charge on any atom is -0.357 e. The van der Waals surface area contributed by atoms with Crippen molar-refractivity contribution in [3.05, 3.63) is 23.9 Å². The number of aromatic nitrogens is 1. The molecule has 0 saturated carbocycles. The molecule has 1 aromatic heterocycles. The van der Waals surface area contributed by atoms with Gasteiger partial charge in [0, 0.05) is 46.0 Å². The van der Waals surface area contributed by atoms with E-state index < -0.39 is 0 Å². The molecular weight excluding hydrogens is 437 g/mol. The molecule has 2 aliphatic heterocycles. The van der Waals surface area contributed by atoms with Crippen molar-refractivity contribution in [2.45, 2.75) is 52.0 Å². The van der Waals surface area contributed by atoms with E-state index in [2.05, 4.69) is 44.1 Å². The van der Waals surface area contributed by atoms with Crippen LogP contribution in [0.15, 0.2) is 23.3 Å². The molecular formula is C20H34IN5. The molecule has 2 fully saturated rings. The van der Waals surface area contributed by atoms with Gasteiger partial charge >= 0.3 is 0 Å². The number of pyridine rings is 1. The number of rotatable bonds is 3. The Morgan fingerprint density at radius 1 is 1.15 bits per heavy atom. The zero-order chi connectivity index (χ0) is 17.5. The summed E-state index contributed by atoms with van der Waals surface area (Å²) in [6, 6.07) is 4.35. The van der Waals surface area contributed by atoms with Gasteiger partial charge in [0.2, 0.25) is 0 Å². The Kier molecular flexibility index (Phi) is 8.95. The van der Waals surface area contributed by atoms with E-state index in [1.54, 1.807) is 0 Å². The second kappa shape index (κ2) is 10.9. The van der Waals surface area contributed by atoms with Crippen molar-refractivity contribution in [3.63, 3.8) is 0 Å². The maximum Gasteiger partial charge on any atom is 0.193 e. The summed E-state index contributed by atoms with van der Waals surface area (Å²) in [7, 11) is 1.88. The van der Waals surface area contributed by atoms with Crippen molar-refractivity contribution in [2.75, 3.05) is 38.1 Å². The minimum atomic E-state index is 0. The number of guanidine groups is 1. The summed E-state index contributed by atoms with van der Waals surface area (Å²) < 4.78 is 0. The standard InChI is InChI=1S/C20H33N5.HI/c1-17-8-13-25(14-9-17)20(21-2)23-16-18-7-10-22-19(15-18)24-11-5-3-4-6-12-24;/h7,10,15,17H,3-6,8-9,11-14,16H2,1-2H3,(H,21,23);1H. The third-order valence-corrected chi connectivity index (χ3v) is 5.49. The lowest BCUT2D eigenvalue weighted by molar-refractivity contribution is 0.273. The van der Waals surface area contributed by atoms with Gasteiger partial charge in [-0.15, -0.1) is 24.0 Å². The third kappa shape index (κ3) is 5.99. The van der Waals surface area contributed by atoms with Crippen LogP contribution in [-0.4, -0.2) is 49.1 Å². The molecule has 2 aliphatic rings. The molecule has 0 unspecified atom stereocenters. The Labute approximate surface area is 175 Å². The lowest BCUT2D eigenvalue weighted by Crippen LogP contribution is -2.45. The molecule has 0 atom stereocenters. The molecule has 5 nitrogen and oxygen atoms in total. The van der Waals surface area contributed by atoms with Crippen molar-refractivity contribution < 1.29 is 0 Å². The first-order chi connectivity index (χ1) is 12.3. The number of likely N-dealkylation sites (tertiary alicyclic amines) is 1. The van der Waals surface area contributed by atoms with Crippen molar-refractivity contribution in [2.24, 2.45) is 10.9 Å². The molecule has 0 aliphatic carbocycles. The van der Waals surface area contributed by atoms with E-state index in [9.17, 15) is 0 Å². The fourth-order valence-electron chi connectivity index (χ4n) is 3.78. The first kappa shape index (κ1) is 21.3.